The van der Waals surface area contributed by atoms with Gasteiger partial charge in [0.25, 0.3) is 0 Å². The Bertz CT molecular complexity index is 490. The summed E-state index contributed by atoms with van der Waals surface area (Å²) >= 11 is 1.30. The molecule has 1 unspecified atom stereocenters. The lowest BCUT2D eigenvalue weighted by Gasteiger charge is -2.18. The molecule has 0 aromatic heterocycles. The molecule has 0 aliphatic carbocycles. The van der Waals surface area contributed by atoms with Crippen molar-refractivity contribution >= 4 is 23.6 Å². The van der Waals surface area contributed by atoms with Gasteiger partial charge in [-0.05, 0) is 30.5 Å². The van der Waals surface area contributed by atoms with Crippen LogP contribution in [0.25, 0.3) is 0 Å². The van der Waals surface area contributed by atoms with Crippen molar-refractivity contribution in [1.29, 1.82) is 0 Å². The van der Waals surface area contributed by atoms with Crippen molar-refractivity contribution in [2.24, 2.45) is 5.92 Å². The van der Waals surface area contributed by atoms with Crippen LogP contribution < -0.4 is 5.32 Å². The molecular weight excluding hydrogens is 290 g/mol. The number of esters is 1. The molecular formula is C15H21NO4S. The van der Waals surface area contributed by atoms with E-state index >= 15 is 0 Å². The Hall–Kier alpha value is -1.69. The van der Waals surface area contributed by atoms with Gasteiger partial charge in [-0.15, -0.1) is 11.8 Å². The van der Waals surface area contributed by atoms with Crippen LogP contribution in [0.3, 0.4) is 0 Å². The van der Waals surface area contributed by atoms with E-state index in [1.165, 1.54) is 18.9 Å². The second-order valence-corrected chi connectivity index (χ2v) is 6.11. The van der Waals surface area contributed by atoms with Gasteiger partial charge in [-0.1, -0.05) is 19.9 Å². The molecule has 0 saturated heterocycles. The molecule has 5 nitrogen and oxygen atoms in total. The Kier molecular flexibility index (Phi) is 7.08. The third-order valence-electron chi connectivity index (χ3n) is 2.72. The Morgan fingerprint density at radius 1 is 1.38 bits per heavy atom. The molecule has 1 amide bonds. The van der Waals surface area contributed by atoms with Gasteiger partial charge in [0, 0.05) is 4.90 Å². The highest BCUT2D eigenvalue weighted by atomic mass is 32.2. The van der Waals surface area contributed by atoms with Crippen molar-refractivity contribution in [2.75, 3.05) is 12.9 Å². The molecule has 1 rings (SSSR count). The summed E-state index contributed by atoms with van der Waals surface area (Å²) in [5.41, 5.74) is 0. The molecule has 21 heavy (non-hydrogen) atoms. The molecule has 0 spiro atoms. The van der Waals surface area contributed by atoms with E-state index in [0.717, 1.165) is 4.90 Å². The van der Waals surface area contributed by atoms with Crippen LogP contribution in [0.2, 0.25) is 0 Å². The van der Waals surface area contributed by atoms with E-state index in [2.05, 4.69) is 5.32 Å². The highest BCUT2D eigenvalue weighted by molar-refractivity contribution is 8.00. The molecule has 0 heterocycles. The number of carbonyl (C=O) groups is 2. The van der Waals surface area contributed by atoms with Crippen LogP contribution in [0.15, 0.2) is 29.2 Å². The number of methoxy groups -OCH3 is 1. The summed E-state index contributed by atoms with van der Waals surface area (Å²) in [5, 5.41) is 12.0. The fourth-order valence-electron chi connectivity index (χ4n) is 1.79. The quantitative estimate of drug-likeness (QED) is 0.596. The van der Waals surface area contributed by atoms with E-state index in [1.807, 2.05) is 19.9 Å². The van der Waals surface area contributed by atoms with Gasteiger partial charge in [0.1, 0.15) is 11.8 Å². The average Bonchev–Trinajstić information content (AvgIpc) is 2.43. The van der Waals surface area contributed by atoms with Gasteiger partial charge in [-0.25, -0.2) is 4.79 Å². The maximum absolute atomic E-state index is 11.9. The van der Waals surface area contributed by atoms with Gasteiger partial charge < -0.3 is 15.2 Å². The maximum atomic E-state index is 11.9. The molecule has 0 bridgehead atoms. The monoisotopic (exact) mass is 311 g/mol. The molecule has 0 saturated carbocycles. The number of nitrogens with one attached hydrogen (secondary N) is 1. The smallest absolute Gasteiger partial charge is 0.328 e. The minimum absolute atomic E-state index is 0.160. The molecule has 1 aromatic carbocycles. The molecule has 2 N–H and O–H groups in total. The number of rotatable bonds is 7. The van der Waals surface area contributed by atoms with E-state index in [4.69, 9.17) is 4.74 Å². The number of hydrogen-bond donors (Lipinski definition) is 2. The van der Waals surface area contributed by atoms with Crippen molar-refractivity contribution in [1.82, 2.24) is 5.32 Å². The maximum Gasteiger partial charge on any atom is 0.328 e. The van der Waals surface area contributed by atoms with Crippen molar-refractivity contribution in [2.45, 2.75) is 31.2 Å². The van der Waals surface area contributed by atoms with Crippen molar-refractivity contribution < 1.29 is 19.4 Å². The molecule has 1 atom stereocenters. The minimum Gasteiger partial charge on any atom is -0.508 e. The number of phenols is 1. The lowest BCUT2D eigenvalue weighted by molar-refractivity contribution is -0.145. The predicted molar refractivity (Wildman–Crippen MR) is 82.2 cm³/mol. The fourth-order valence-corrected chi connectivity index (χ4v) is 2.55. The van der Waals surface area contributed by atoms with Crippen molar-refractivity contribution in [3.8, 4) is 5.75 Å². The lowest BCUT2D eigenvalue weighted by Crippen LogP contribution is -2.43. The molecule has 0 fully saturated rings. The number of amides is 1. The van der Waals surface area contributed by atoms with Crippen LogP contribution >= 0.6 is 11.8 Å². The fraction of sp³-hybridized carbons (Fsp3) is 0.467. The number of benzene rings is 1. The third-order valence-corrected chi connectivity index (χ3v) is 3.71. The van der Waals surface area contributed by atoms with Crippen LogP contribution in [0.5, 0.6) is 5.75 Å². The molecule has 116 valence electrons. The van der Waals surface area contributed by atoms with Gasteiger partial charge in [-0.3, -0.25) is 4.79 Å². The third kappa shape index (κ3) is 6.53. The van der Waals surface area contributed by atoms with E-state index in [9.17, 15) is 14.7 Å². The molecule has 0 radical (unpaired) electrons. The number of aromatic hydroxyl groups is 1. The number of phenolic OH excluding ortho intramolecular Hbond substituents is 1. The largest absolute Gasteiger partial charge is 0.508 e. The van der Waals surface area contributed by atoms with Crippen LogP contribution in [0.1, 0.15) is 20.3 Å². The Morgan fingerprint density at radius 2 is 2.10 bits per heavy atom. The first-order chi connectivity index (χ1) is 9.92. The van der Waals surface area contributed by atoms with E-state index < -0.39 is 12.0 Å². The standard InChI is InChI=1S/C15H21NO4S/c1-10(2)7-13(15(19)20-3)16-14(18)9-21-12-6-4-5-11(17)8-12/h4-6,8,10,13,17H,7,9H2,1-3H3,(H,16,18). The zero-order chi connectivity index (χ0) is 15.8. The Labute approximate surface area is 129 Å². The topological polar surface area (TPSA) is 75.6 Å². The summed E-state index contributed by atoms with van der Waals surface area (Å²) in [6.07, 6.45) is 0.537. The Morgan fingerprint density at radius 3 is 2.67 bits per heavy atom. The summed E-state index contributed by atoms with van der Waals surface area (Å²) < 4.78 is 4.70. The zero-order valence-corrected chi connectivity index (χ0v) is 13.3. The first kappa shape index (κ1) is 17.4. The molecule has 0 aliphatic heterocycles. The van der Waals surface area contributed by atoms with Crippen molar-refractivity contribution in [3.05, 3.63) is 24.3 Å². The number of hydrogen-bond acceptors (Lipinski definition) is 5. The zero-order valence-electron chi connectivity index (χ0n) is 12.5. The average molecular weight is 311 g/mol. The summed E-state index contributed by atoms with van der Waals surface area (Å²) in [6, 6.07) is 6.06. The highest BCUT2D eigenvalue weighted by Crippen LogP contribution is 2.21. The minimum atomic E-state index is -0.618. The van der Waals surface area contributed by atoms with Crippen LogP contribution in [-0.4, -0.2) is 35.9 Å². The number of thioether (sulfide) groups is 1. The van der Waals surface area contributed by atoms with E-state index in [0.29, 0.717) is 6.42 Å². The van der Waals surface area contributed by atoms with E-state index in [-0.39, 0.29) is 23.3 Å². The predicted octanol–water partition coefficient (Wildman–Crippen LogP) is 2.19. The first-order valence-electron chi connectivity index (χ1n) is 6.71. The Balaban J connectivity index is 2.51. The summed E-state index contributed by atoms with van der Waals surface area (Å²) in [6.45, 7) is 3.95. The van der Waals surface area contributed by atoms with E-state index in [1.54, 1.807) is 18.2 Å². The SMILES string of the molecule is COC(=O)C(CC(C)C)NC(=O)CSc1cccc(O)c1. The van der Waals surface area contributed by atoms with Gasteiger partial charge >= 0.3 is 5.97 Å². The second kappa shape index (κ2) is 8.56. The second-order valence-electron chi connectivity index (χ2n) is 5.06. The van der Waals surface area contributed by atoms with Gasteiger partial charge in [0.15, 0.2) is 0 Å². The molecule has 0 aliphatic rings. The van der Waals surface area contributed by atoms with Gasteiger partial charge in [-0.2, -0.15) is 0 Å². The molecule has 1 aromatic rings. The summed E-state index contributed by atoms with van der Waals surface area (Å²) in [5.74, 6) is -0.0609. The lowest BCUT2D eigenvalue weighted by atomic mass is 10.0. The molecule has 6 heteroatoms. The highest BCUT2D eigenvalue weighted by Gasteiger charge is 2.22. The van der Waals surface area contributed by atoms with Crippen LogP contribution in [0.4, 0.5) is 0 Å². The first-order valence-corrected chi connectivity index (χ1v) is 7.70. The number of ether oxygens (including phenoxy) is 1. The number of carbonyl (C=O) groups excluding carboxylic acids is 2. The normalized spacial score (nSPS) is 12.0. The van der Waals surface area contributed by atoms with Gasteiger partial charge in [0.2, 0.25) is 5.91 Å². The summed E-state index contributed by atoms with van der Waals surface area (Å²) in [7, 11) is 1.31. The summed E-state index contributed by atoms with van der Waals surface area (Å²) in [4.78, 5) is 24.3. The van der Waals surface area contributed by atoms with Crippen molar-refractivity contribution in [3.63, 3.8) is 0 Å². The van der Waals surface area contributed by atoms with Crippen LogP contribution in [-0.2, 0) is 14.3 Å². The van der Waals surface area contributed by atoms with Gasteiger partial charge in [0.05, 0.1) is 12.9 Å². The van der Waals surface area contributed by atoms with Crippen LogP contribution in [0, 0.1) is 5.92 Å².